The lowest BCUT2D eigenvalue weighted by Crippen LogP contribution is -2.36. The van der Waals surface area contributed by atoms with Crippen molar-refractivity contribution in [1.82, 2.24) is 4.90 Å². The largest absolute Gasteiger partial charge is 0.330 e. The minimum Gasteiger partial charge on any atom is -0.330 e. The Labute approximate surface area is 91.3 Å². The molecule has 1 rings (SSSR count). The Kier molecular flexibility index (Phi) is 3.35. The monoisotopic (exact) mass is 206 g/mol. The smallest absolute Gasteiger partial charge is 0.323 e. The summed E-state index contributed by atoms with van der Waals surface area (Å²) in [7, 11) is 5.29. The van der Waals surface area contributed by atoms with Gasteiger partial charge in [0.15, 0.2) is 0 Å². The first kappa shape index (κ1) is 11.6. The van der Waals surface area contributed by atoms with Gasteiger partial charge in [0.2, 0.25) is 0 Å². The summed E-state index contributed by atoms with van der Waals surface area (Å²) < 4.78 is 0. The highest BCUT2D eigenvalue weighted by atomic mass is 16.2. The first-order valence-electron chi connectivity index (χ1n) is 4.95. The third-order valence-electron chi connectivity index (χ3n) is 2.26. The summed E-state index contributed by atoms with van der Waals surface area (Å²) in [6.45, 7) is 4.06. The number of aryl methyl sites for hydroxylation is 2. The minimum absolute atomic E-state index is 0.0139. The van der Waals surface area contributed by atoms with Gasteiger partial charge >= 0.3 is 6.03 Å². The average molecular weight is 206 g/mol. The van der Waals surface area contributed by atoms with Gasteiger partial charge < -0.3 is 4.90 Å². The molecule has 0 bridgehead atoms. The molecule has 1 aromatic carbocycles. The van der Waals surface area contributed by atoms with Gasteiger partial charge in [0, 0.05) is 26.8 Å². The third-order valence-corrected chi connectivity index (χ3v) is 2.26. The maximum absolute atomic E-state index is 11.7. The van der Waals surface area contributed by atoms with Crippen molar-refractivity contribution in [2.24, 2.45) is 0 Å². The molecule has 0 heterocycles. The van der Waals surface area contributed by atoms with E-state index in [1.54, 1.807) is 30.9 Å². The van der Waals surface area contributed by atoms with Gasteiger partial charge in [-0.3, -0.25) is 4.90 Å². The average Bonchev–Trinajstić information content (AvgIpc) is 2.13. The van der Waals surface area contributed by atoms with Crippen molar-refractivity contribution in [2.45, 2.75) is 13.8 Å². The van der Waals surface area contributed by atoms with Crippen LogP contribution in [0, 0.1) is 13.8 Å². The third kappa shape index (κ3) is 2.72. The molecule has 3 nitrogen and oxygen atoms in total. The first-order chi connectivity index (χ1) is 6.91. The van der Waals surface area contributed by atoms with Gasteiger partial charge in [0.25, 0.3) is 0 Å². The molecule has 0 fully saturated rings. The van der Waals surface area contributed by atoms with Crippen LogP contribution in [0.4, 0.5) is 10.5 Å². The molecule has 0 aliphatic heterocycles. The summed E-state index contributed by atoms with van der Waals surface area (Å²) in [5.41, 5.74) is 3.28. The van der Waals surface area contributed by atoms with Crippen molar-refractivity contribution in [3.05, 3.63) is 29.3 Å². The maximum atomic E-state index is 11.7. The number of hydrogen-bond acceptors (Lipinski definition) is 1. The normalized spacial score (nSPS) is 9.93. The lowest BCUT2D eigenvalue weighted by atomic mass is 10.1. The number of amides is 2. The van der Waals surface area contributed by atoms with E-state index in [1.165, 1.54) is 11.1 Å². The molecule has 0 saturated carbocycles. The summed E-state index contributed by atoms with van der Waals surface area (Å²) in [5.74, 6) is 0. The van der Waals surface area contributed by atoms with Crippen LogP contribution in [0.3, 0.4) is 0 Å². The molecule has 15 heavy (non-hydrogen) atoms. The van der Waals surface area contributed by atoms with Crippen molar-refractivity contribution < 1.29 is 4.79 Å². The fraction of sp³-hybridized carbons (Fsp3) is 0.417. The van der Waals surface area contributed by atoms with Crippen LogP contribution >= 0.6 is 0 Å². The van der Waals surface area contributed by atoms with E-state index < -0.39 is 0 Å². The van der Waals surface area contributed by atoms with Gasteiger partial charge in [0.05, 0.1) is 0 Å². The van der Waals surface area contributed by atoms with Gasteiger partial charge in [-0.25, -0.2) is 4.79 Å². The highest BCUT2D eigenvalue weighted by Gasteiger charge is 2.12. The maximum Gasteiger partial charge on any atom is 0.323 e. The summed E-state index contributed by atoms with van der Waals surface area (Å²) in [4.78, 5) is 14.9. The molecule has 0 saturated heterocycles. The highest BCUT2D eigenvalue weighted by Crippen LogP contribution is 2.18. The Morgan fingerprint density at radius 2 is 1.47 bits per heavy atom. The van der Waals surface area contributed by atoms with Gasteiger partial charge in [-0.15, -0.1) is 0 Å². The first-order valence-corrected chi connectivity index (χ1v) is 4.95. The van der Waals surface area contributed by atoms with Crippen LogP contribution in [0.5, 0.6) is 0 Å². The molecular weight excluding hydrogens is 188 g/mol. The topological polar surface area (TPSA) is 23.6 Å². The van der Waals surface area contributed by atoms with Crippen LogP contribution in [0.1, 0.15) is 11.1 Å². The second-order valence-electron chi connectivity index (χ2n) is 4.08. The number of rotatable bonds is 1. The zero-order chi connectivity index (χ0) is 11.6. The zero-order valence-corrected chi connectivity index (χ0v) is 10.0. The SMILES string of the molecule is Cc1cc(C)cc(N(C)C(=O)N(C)C)c1. The zero-order valence-electron chi connectivity index (χ0n) is 10.0. The second-order valence-corrected chi connectivity index (χ2v) is 4.08. The summed E-state index contributed by atoms with van der Waals surface area (Å²) >= 11 is 0. The summed E-state index contributed by atoms with van der Waals surface area (Å²) in [6, 6.07) is 6.10. The molecule has 3 heteroatoms. The fourth-order valence-electron chi connectivity index (χ4n) is 1.55. The predicted molar refractivity (Wildman–Crippen MR) is 63.4 cm³/mol. The van der Waals surface area contributed by atoms with Gasteiger partial charge in [0.1, 0.15) is 0 Å². The number of benzene rings is 1. The lowest BCUT2D eigenvalue weighted by molar-refractivity contribution is 0.225. The van der Waals surface area contributed by atoms with Gasteiger partial charge in [-0.1, -0.05) is 6.07 Å². The van der Waals surface area contributed by atoms with Crippen molar-refractivity contribution in [1.29, 1.82) is 0 Å². The summed E-state index contributed by atoms with van der Waals surface area (Å²) in [6.07, 6.45) is 0. The fourth-order valence-corrected chi connectivity index (χ4v) is 1.55. The summed E-state index contributed by atoms with van der Waals surface area (Å²) in [5, 5.41) is 0. The van der Waals surface area contributed by atoms with Crippen molar-refractivity contribution in [3.8, 4) is 0 Å². The number of carbonyl (C=O) groups is 1. The van der Waals surface area contributed by atoms with E-state index in [2.05, 4.69) is 6.07 Å². The number of carbonyl (C=O) groups excluding carboxylic acids is 1. The molecule has 0 unspecified atom stereocenters. The molecular formula is C12H18N2O. The van der Waals surface area contributed by atoms with E-state index in [1.807, 2.05) is 26.0 Å². The molecule has 0 spiro atoms. The molecule has 0 N–H and O–H groups in total. The van der Waals surface area contributed by atoms with E-state index in [4.69, 9.17) is 0 Å². The van der Waals surface area contributed by atoms with E-state index in [0.717, 1.165) is 5.69 Å². The molecule has 0 aromatic heterocycles. The van der Waals surface area contributed by atoms with Crippen molar-refractivity contribution >= 4 is 11.7 Å². The Balaban J connectivity index is 3.00. The number of anilines is 1. The highest BCUT2D eigenvalue weighted by molar-refractivity contribution is 5.91. The predicted octanol–water partition coefficient (Wildman–Crippen LogP) is 2.42. The quantitative estimate of drug-likeness (QED) is 0.692. The Morgan fingerprint density at radius 3 is 1.87 bits per heavy atom. The van der Waals surface area contributed by atoms with Crippen molar-refractivity contribution in [3.63, 3.8) is 0 Å². The Morgan fingerprint density at radius 1 is 1.00 bits per heavy atom. The number of hydrogen-bond donors (Lipinski definition) is 0. The number of urea groups is 1. The van der Waals surface area contributed by atoms with Gasteiger partial charge in [-0.05, 0) is 37.1 Å². The second kappa shape index (κ2) is 4.34. The molecule has 82 valence electrons. The van der Waals surface area contributed by atoms with E-state index in [0.29, 0.717) is 0 Å². The molecule has 0 aliphatic rings. The van der Waals surface area contributed by atoms with Crippen molar-refractivity contribution in [2.75, 3.05) is 26.0 Å². The van der Waals surface area contributed by atoms with Gasteiger partial charge in [-0.2, -0.15) is 0 Å². The number of nitrogens with zero attached hydrogens (tertiary/aromatic N) is 2. The Bertz CT molecular complexity index is 352. The van der Waals surface area contributed by atoms with E-state index in [9.17, 15) is 4.79 Å². The Hall–Kier alpha value is -1.51. The van der Waals surface area contributed by atoms with Crippen LogP contribution in [-0.4, -0.2) is 32.1 Å². The van der Waals surface area contributed by atoms with E-state index in [-0.39, 0.29) is 6.03 Å². The van der Waals surface area contributed by atoms with E-state index >= 15 is 0 Å². The minimum atomic E-state index is -0.0139. The molecule has 0 aliphatic carbocycles. The molecule has 2 amide bonds. The standard InChI is InChI=1S/C12H18N2O/c1-9-6-10(2)8-11(7-9)14(5)12(15)13(3)4/h6-8H,1-5H3. The lowest BCUT2D eigenvalue weighted by Gasteiger charge is -2.22. The van der Waals surface area contributed by atoms with Crippen LogP contribution in [0.15, 0.2) is 18.2 Å². The molecule has 0 atom stereocenters. The molecule has 1 aromatic rings. The van der Waals surface area contributed by atoms with Crippen LogP contribution in [0.25, 0.3) is 0 Å². The van der Waals surface area contributed by atoms with Crippen LogP contribution in [0.2, 0.25) is 0 Å². The van der Waals surface area contributed by atoms with Crippen LogP contribution < -0.4 is 4.90 Å². The molecule has 0 radical (unpaired) electrons. The van der Waals surface area contributed by atoms with Crippen LogP contribution in [-0.2, 0) is 0 Å².